The van der Waals surface area contributed by atoms with Gasteiger partial charge < -0.3 is 5.32 Å². The standard InChI is InChI=1S/C12H18N6/c1-3-4-18-12(16-9-17-18)5-11(13-2)10-6-14-8-15-7-10/h6-9,11,13H,3-5H2,1-2H3. The summed E-state index contributed by atoms with van der Waals surface area (Å²) in [5.41, 5.74) is 1.06. The van der Waals surface area contributed by atoms with Crippen molar-refractivity contribution in [3.63, 3.8) is 0 Å². The Bertz CT molecular complexity index is 466. The largest absolute Gasteiger partial charge is 0.313 e. The van der Waals surface area contributed by atoms with E-state index < -0.39 is 0 Å². The molecule has 2 heterocycles. The van der Waals surface area contributed by atoms with Crippen LogP contribution in [0.2, 0.25) is 0 Å². The Morgan fingerprint density at radius 3 is 2.72 bits per heavy atom. The van der Waals surface area contributed by atoms with Gasteiger partial charge in [-0.15, -0.1) is 0 Å². The van der Waals surface area contributed by atoms with E-state index in [0.29, 0.717) is 0 Å². The van der Waals surface area contributed by atoms with E-state index >= 15 is 0 Å². The second-order valence-electron chi connectivity index (χ2n) is 4.12. The lowest BCUT2D eigenvalue weighted by Crippen LogP contribution is -2.21. The third kappa shape index (κ3) is 2.89. The molecule has 0 saturated carbocycles. The van der Waals surface area contributed by atoms with Crippen LogP contribution in [-0.2, 0) is 13.0 Å². The van der Waals surface area contributed by atoms with E-state index in [1.165, 1.54) is 6.33 Å². The first-order chi connectivity index (χ1) is 8.85. The van der Waals surface area contributed by atoms with Crippen molar-refractivity contribution >= 4 is 0 Å². The monoisotopic (exact) mass is 246 g/mol. The predicted molar refractivity (Wildman–Crippen MR) is 67.8 cm³/mol. The van der Waals surface area contributed by atoms with Crippen LogP contribution < -0.4 is 5.32 Å². The molecule has 0 aliphatic heterocycles. The number of hydrogen-bond donors (Lipinski definition) is 1. The zero-order valence-electron chi connectivity index (χ0n) is 10.7. The smallest absolute Gasteiger partial charge is 0.138 e. The molecule has 2 rings (SSSR count). The second kappa shape index (κ2) is 6.20. The number of aryl methyl sites for hydroxylation is 1. The van der Waals surface area contributed by atoms with Gasteiger partial charge in [-0.1, -0.05) is 6.92 Å². The van der Waals surface area contributed by atoms with Gasteiger partial charge in [0.1, 0.15) is 18.5 Å². The second-order valence-corrected chi connectivity index (χ2v) is 4.12. The van der Waals surface area contributed by atoms with Crippen LogP contribution in [0.4, 0.5) is 0 Å². The van der Waals surface area contributed by atoms with Crippen molar-refractivity contribution in [1.29, 1.82) is 0 Å². The average Bonchev–Trinajstić information content (AvgIpc) is 2.85. The van der Waals surface area contributed by atoms with Crippen molar-refractivity contribution in [1.82, 2.24) is 30.0 Å². The minimum Gasteiger partial charge on any atom is -0.313 e. The molecule has 1 unspecified atom stereocenters. The molecular weight excluding hydrogens is 228 g/mol. The van der Waals surface area contributed by atoms with Crippen molar-refractivity contribution in [3.8, 4) is 0 Å². The lowest BCUT2D eigenvalue weighted by atomic mass is 10.1. The number of aromatic nitrogens is 5. The highest BCUT2D eigenvalue weighted by molar-refractivity contribution is 5.11. The van der Waals surface area contributed by atoms with Crippen LogP contribution in [0.25, 0.3) is 0 Å². The molecule has 0 aliphatic rings. The number of hydrogen-bond acceptors (Lipinski definition) is 5. The molecule has 0 saturated heterocycles. The van der Waals surface area contributed by atoms with Gasteiger partial charge in [-0.3, -0.25) is 4.68 Å². The lowest BCUT2D eigenvalue weighted by Gasteiger charge is -2.15. The summed E-state index contributed by atoms with van der Waals surface area (Å²) in [5.74, 6) is 0.986. The van der Waals surface area contributed by atoms with Gasteiger partial charge in [0.05, 0.1) is 0 Å². The fourth-order valence-corrected chi connectivity index (χ4v) is 1.90. The summed E-state index contributed by atoms with van der Waals surface area (Å²) in [6.07, 6.45) is 8.64. The lowest BCUT2D eigenvalue weighted by molar-refractivity contribution is 0.515. The van der Waals surface area contributed by atoms with E-state index in [-0.39, 0.29) is 6.04 Å². The molecular formula is C12H18N6. The Labute approximate surface area is 106 Å². The summed E-state index contributed by atoms with van der Waals surface area (Å²) in [7, 11) is 1.93. The van der Waals surface area contributed by atoms with Crippen LogP contribution in [0, 0.1) is 0 Å². The maximum absolute atomic E-state index is 4.32. The number of nitrogens with zero attached hydrogens (tertiary/aromatic N) is 5. The SMILES string of the molecule is CCCn1ncnc1CC(NC)c1cncnc1. The Morgan fingerprint density at radius 2 is 2.06 bits per heavy atom. The van der Waals surface area contributed by atoms with E-state index in [0.717, 1.165) is 30.8 Å². The highest BCUT2D eigenvalue weighted by Gasteiger charge is 2.14. The van der Waals surface area contributed by atoms with Crippen LogP contribution in [-0.4, -0.2) is 31.8 Å². The Kier molecular flexibility index (Phi) is 4.35. The van der Waals surface area contributed by atoms with E-state index in [4.69, 9.17) is 0 Å². The average molecular weight is 246 g/mol. The molecule has 1 N–H and O–H groups in total. The number of likely N-dealkylation sites (N-methyl/N-ethyl adjacent to an activating group) is 1. The maximum atomic E-state index is 4.32. The first-order valence-corrected chi connectivity index (χ1v) is 6.14. The molecule has 0 amide bonds. The minimum absolute atomic E-state index is 0.158. The Morgan fingerprint density at radius 1 is 1.28 bits per heavy atom. The molecule has 0 aromatic carbocycles. The van der Waals surface area contributed by atoms with Crippen molar-refractivity contribution in [2.45, 2.75) is 32.4 Å². The third-order valence-electron chi connectivity index (χ3n) is 2.85. The zero-order chi connectivity index (χ0) is 12.8. The van der Waals surface area contributed by atoms with E-state index in [1.807, 2.05) is 24.1 Å². The summed E-state index contributed by atoms with van der Waals surface area (Å²) in [4.78, 5) is 12.4. The Balaban J connectivity index is 2.13. The normalized spacial score (nSPS) is 12.6. The van der Waals surface area contributed by atoms with Crippen molar-refractivity contribution in [2.75, 3.05) is 7.05 Å². The van der Waals surface area contributed by atoms with Gasteiger partial charge in [-0.05, 0) is 13.5 Å². The van der Waals surface area contributed by atoms with E-state index in [9.17, 15) is 0 Å². The van der Waals surface area contributed by atoms with Gasteiger partial charge in [0.2, 0.25) is 0 Å². The van der Waals surface area contributed by atoms with Crippen molar-refractivity contribution < 1.29 is 0 Å². The summed E-state index contributed by atoms with van der Waals surface area (Å²) in [6.45, 7) is 3.03. The van der Waals surface area contributed by atoms with Gasteiger partial charge in [-0.25, -0.2) is 15.0 Å². The van der Waals surface area contributed by atoms with E-state index in [2.05, 4.69) is 32.3 Å². The molecule has 6 heteroatoms. The molecule has 0 radical (unpaired) electrons. The highest BCUT2D eigenvalue weighted by atomic mass is 15.3. The summed E-state index contributed by atoms with van der Waals surface area (Å²) < 4.78 is 1.95. The quantitative estimate of drug-likeness (QED) is 0.823. The molecule has 6 nitrogen and oxygen atoms in total. The predicted octanol–water partition coefficient (Wildman–Crippen LogP) is 0.981. The molecule has 2 aromatic rings. The number of nitrogens with one attached hydrogen (secondary N) is 1. The van der Waals surface area contributed by atoms with Gasteiger partial charge in [0.15, 0.2) is 0 Å². The van der Waals surface area contributed by atoms with Crippen LogP contribution in [0.1, 0.15) is 30.8 Å². The molecule has 96 valence electrons. The fraction of sp³-hybridized carbons (Fsp3) is 0.500. The highest BCUT2D eigenvalue weighted by Crippen LogP contribution is 2.15. The van der Waals surface area contributed by atoms with Crippen LogP contribution in [0.15, 0.2) is 25.0 Å². The maximum Gasteiger partial charge on any atom is 0.138 e. The fourth-order valence-electron chi connectivity index (χ4n) is 1.90. The molecule has 1 atom stereocenters. The molecule has 0 spiro atoms. The van der Waals surface area contributed by atoms with Crippen molar-refractivity contribution in [2.24, 2.45) is 0 Å². The molecule has 0 fully saturated rings. The van der Waals surface area contributed by atoms with Crippen LogP contribution in [0.5, 0.6) is 0 Å². The van der Waals surface area contributed by atoms with Crippen LogP contribution >= 0.6 is 0 Å². The summed E-state index contributed by atoms with van der Waals surface area (Å²) in [5, 5.41) is 7.50. The number of rotatable bonds is 6. The first kappa shape index (κ1) is 12.6. The topological polar surface area (TPSA) is 68.5 Å². The van der Waals surface area contributed by atoms with Gasteiger partial charge in [0.25, 0.3) is 0 Å². The minimum atomic E-state index is 0.158. The zero-order valence-corrected chi connectivity index (χ0v) is 10.7. The van der Waals surface area contributed by atoms with E-state index in [1.54, 1.807) is 6.33 Å². The molecule has 2 aromatic heterocycles. The Hall–Kier alpha value is -1.82. The molecule has 0 aliphatic carbocycles. The van der Waals surface area contributed by atoms with Crippen LogP contribution in [0.3, 0.4) is 0 Å². The summed E-state index contributed by atoms with van der Waals surface area (Å²) in [6, 6.07) is 0.158. The van der Waals surface area contributed by atoms with Gasteiger partial charge in [0, 0.05) is 37.0 Å². The van der Waals surface area contributed by atoms with Gasteiger partial charge >= 0.3 is 0 Å². The van der Waals surface area contributed by atoms with Crippen molar-refractivity contribution in [3.05, 3.63) is 36.4 Å². The molecule has 0 bridgehead atoms. The first-order valence-electron chi connectivity index (χ1n) is 6.14. The summed E-state index contributed by atoms with van der Waals surface area (Å²) >= 11 is 0. The third-order valence-corrected chi connectivity index (χ3v) is 2.85. The molecule has 18 heavy (non-hydrogen) atoms. The van der Waals surface area contributed by atoms with Gasteiger partial charge in [-0.2, -0.15) is 5.10 Å².